The van der Waals surface area contributed by atoms with Crippen LogP contribution in [0.5, 0.6) is 5.75 Å². The van der Waals surface area contributed by atoms with E-state index in [1.807, 2.05) is 13.8 Å². The topological polar surface area (TPSA) is 84.9 Å². The number of methoxy groups -OCH3 is 1. The van der Waals surface area contributed by atoms with Gasteiger partial charge in [0.25, 0.3) is 0 Å². The van der Waals surface area contributed by atoms with Crippen LogP contribution in [0.1, 0.15) is 20.8 Å². The Bertz CT molecular complexity index is 664. The molecule has 0 aliphatic carbocycles. The summed E-state index contributed by atoms with van der Waals surface area (Å²) >= 11 is 0. The summed E-state index contributed by atoms with van der Waals surface area (Å²) in [6, 6.07) is 5.15. The number of nitrogens with zero attached hydrogens (tertiary/aromatic N) is 1. The van der Waals surface area contributed by atoms with Crippen molar-refractivity contribution in [1.82, 2.24) is 9.62 Å². The Morgan fingerprint density at radius 3 is 2.29 bits per heavy atom. The summed E-state index contributed by atoms with van der Waals surface area (Å²) in [6.45, 7) is 6.24. The fourth-order valence-corrected chi connectivity index (χ4v) is 3.93. The van der Waals surface area contributed by atoms with Gasteiger partial charge in [-0.1, -0.05) is 0 Å². The predicted molar refractivity (Wildman–Crippen MR) is 89.4 cm³/mol. The van der Waals surface area contributed by atoms with Crippen LogP contribution in [0.15, 0.2) is 29.2 Å². The second-order valence-corrected chi connectivity index (χ2v) is 7.73. The first kappa shape index (κ1) is 18.7. The van der Waals surface area contributed by atoms with E-state index in [0.29, 0.717) is 18.8 Å². The largest absolute Gasteiger partial charge is 0.497 e. The van der Waals surface area contributed by atoms with Gasteiger partial charge in [-0.05, 0) is 45.0 Å². The van der Waals surface area contributed by atoms with Gasteiger partial charge in [-0.15, -0.1) is 0 Å². The van der Waals surface area contributed by atoms with E-state index in [-0.39, 0.29) is 23.0 Å². The molecule has 0 aromatic heterocycles. The first-order valence-electron chi connectivity index (χ1n) is 7.83. The molecule has 1 amide bonds. The molecule has 134 valence electrons. The average molecular weight is 356 g/mol. The molecule has 3 atom stereocenters. The molecule has 0 bridgehead atoms. The number of morpholine rings is 1. The van der Waals surface area contributed by atoms with Gasteiger partial charge in [0.2, 0.25) is 15.9 Å². The molecule has 1 heterocycles. The van der Waals surface area contributed by atoms with Gasteiger partial charge >= 0.3 is 0 Å². The minimum Gasteiger partial charge on any atom is -0.497 e. The number of hydrogen-bond donors (Lipinski definition) is 1. The van der Waals surface area contributed by atoms with Crippen LogP contribution in [0, 0.1) is 0 Å². The number of amides is 1. The molecule has 1 aliphatic rings. The number of carbonyl (C=O) groups excluding carboxylic acids is 1. The first-order valence-corrected chi connectivity index (χ1v) is 9.32. The van der Waals surface area contributed by atoms with Gasteiger partial charge in [-0.2, -0.15) is 4.72 Å². The number of carbonyl (C=O) groups is 1. The van der Waals surface area contributed by atoms with Crippen LogP contribution in [-0.2, 0) is 19.6 Å². The van der Waals surface area contributed by atoms with Crippen molar-refractivity contribution < 1.29 is 22.7 Å². The molecule has 0 radical (unpaired) electrons. The molecule has 1 aromatic rings. The lowest BCUT2D eigenvalue weighted by atomic mass is 10.2. The quantitative estimate of drug-likeness (QED) is 0.851. The minimum atomic E-state index is -3.78. The highest BCUT2D eigenvalue weighted by Crippen LogP contribution is 2.17. The highest BCUT2D eigenvalue weighted by atomic mass is 32.2. The summed E-state index contributed by atoms with van der Waals surface area (Å²) in [6.07, 6.45) is -0.133. The SMILES string of the molecule is COc1ccc(S(=O)(=O)N[C@@H](C)C(=O)N2C[C@H](C)O[C@@H](C)C2)cc1. The molecule has 7 nitrogen and oxygen atoms in total. The van der Waals surface area contributed by atoms with Gasteiger partial charge in [0.15, 0.2) is 0 Å². The lowest BCUT2D eigenvalue weighted by Crippen LogP contribution is -2.54. The Balaban J connectivity index is 2.06. The van der Waals surface area contributed by atoms with Crippen LogP contribution >= 0.6 is 0 Å². The molecule has 1 fully saturated rings. The molecular weight excluding hydrogens is 332 g/mol. The van der Waals surface area contributed by atoms with E-state index in [9.17, 15) is 13.2 Å². The Labute approximate surface area is 143 Å². The molecule has 1 saturated heterocycles. The minimum absolute atomic E-state index is 0.0666. The fraction of sp³-hybridized carbons (Fsp3) is 0.562. The highest BCUT2D eigenvalue weighted by Gasteiger charge is 2.30. The van der Waals surface area contributed by atoms with Gasteiger partial charge in [0.05, 0.1) is 30.3 Å². The second kappa shape index (κ2) is 7.50. The molecular formula is C16H24N2O5S. The summed E-state index contributed by atoms with van der Waals surface area (Å²) in [5, 5.41) is 0. The summed E-state index contributed by atoms with van der Waals surface area (Å²) < 4.78 is 37.9. The lowest BCUT2D eigenvalue weighted by Gasteiger charge is -2.36. The van der Waals surface area contributed by atoms with E-state index in [1.165, 1.54) is 19.2 Å². The van der Waals surface area contributed by atoms with Crippen molar-refractivity contribution in [1.29, 1.82) is 0 Å². The van der Waals surface area contributed by atoms with Crippen molar-refractivity contribution in [2.75, 3.05) is 20.2 Å². The third-order valence-electron chi connectivity index (χ3n) is 3.80. The van der Waals surface area contributed by atoms with E-state index >= 15 is 0 Å². The Morgan fingerprint density at radius 2 is 1.79 bits per heavy atom. The predicted octanol–water partition coefficient (Wildman–Crippen LogP) is 0.998. The van der Waals surface area contributed by atoms with Crippen LogP contribution in [0.3, 0.4) is 0 Å². The molecule has 2 rings (SSSR count). The highest BCUT2D eigenvalue weighted by molar-refractivity contribution is 7.89. The fourth-order valence-electron chi connectivity index (χ4n) is 2.74. The zero-order chi connectivity index (χ0) is 17.9. The zero-order valence-electron chi connectivity index (χ0n) is 14.4. The van der Waals surface area contributed by atoms with E-state index in [4.69, 9.17) is 9.47 Å². The van der Waals surface area contributed by atoms with E-state index < -0.39 is 16.1 Å². The number of benzene rings is 1. The Morgan fingerprint density at radius 1 is 1.25 bits per heavy atom. The number of sulfonamides is 1. The maximum Gasteiger partial charge on any atom is 0.241 e. The molecule has 1 N–H and O–H groups in total. The maximum atomic E-state index is 12.5. The molecule has 0 saturated carbocycles. The lowest BCUT2D eigenvalue weighted by molar-refractivity contribution is -0.144. The van der Waals surface area contributed by atoms with Crippen molar-refractivity contribution in [2.45, 2.75) is 43.9 Å². The second-order valence-electron chi connectivity index (χ2n) is 6.02. The van der Waals surface area contributed by atoms with Gasteiger partial charge in [0, 0.05) is 13.1 Å². The van der Waals surface area contributed by atoms with E-state index in [0.717, 1.165) is 0 Å². The molecule has 24 heavy (non-hydrogen) atoms. The number of ether oxygens (including phenoxy) is 2. The van der Waals surface area contributed by atoms with Gasteiger partial charge < -0.3 is 14.4 Å². The first-order chi connectivity index (χ1) is 11.2. The molecule has 1 aliphatic heterocycles. The standard InChI is InChI=1S/C16H24N2O5S/c1-11-9-18(10-12(2)23-11)16(19)13(3)17-24(20,21)15-7-5-14(22-4)6-8-15/h5-8,11-13,17H,9-10H2,1-4H3/t11-,12-,13-/m0/s1. The number of rotatable bonds is 5. The van der Waals surface area contributed by atoms with Crippen molar-refractivity contribution in [3.63, 3.8) is 0 Å². The monoisotopic (exact) mass is 356 g/mol. The zero-order valence-corrected chi connectivity index (χ0v) is 15.2. The van der Waals surface area contributed by atoms with Crippen molar-refractivity contribution in [3.8, 4) is 5.75 Å². The normalized spacial score (nSPS) is 22.9. The van der Waals surface area contributed by atoms with Gasteiger partial charge in [-0.25, -0.2) is 8.42 Å². The van der Waals surface area contributed by atoms with Crippen LogP contribution in [0.2, 0.25) is 0 Å². The molecule has 8 heteroatoms. The van der Waals surface area contributed by atoms with E-state index in [2.05, 4.69) is 4.72 Å². The van der Waals surface area contributed by atoms with Crippen LogP contribution in [-0.4, -0.2) is 57.7 Å². The number of nitrogens with one attached hydrogen (secondary N) is 1. The van der Waals surface area contributed by atoms with Gasteiger partial charge in [0.1, 0.15) is 5.75 Å². The summed E-state index contributed by atoms with van der Waals surface area (Å²) in [7, 11) is -2.27. The number of hydrogen-bond acceptors (Lipinski definition) is 5. The van der Waals surface area contributed by atoms with Gasteiger partial charge in [-0.3, -0.25) is 4.79 Å². The summed E-state index contributed by atoms with van der Waals surface area (Å²) in [5.41, 5.74) is 0. The van der Waals surface area contributed by atoms with Crippen molar-refractivity contribution >= 4 is 15.9 Å². The van der Waals surface area contributed by atoms with Crippen molar-refractivity contribution in [3.05, 3.63) is 24.3 Å². The molecule has 1 aromatic carbocycles. The van der Waals surface area contributed by atoms with Crippen molar-refractivity contribution in [2.24, 2.45) is 0 Å². The maximum absolute atomic E-state index is 12.5. The third kappa shape index (κ3) is 4.46. The summed E-state index contributed by atoms with van der Waals surface area (Å²) in [4.78, 5) is 14.3. The van der Waals surface area contributed by atoms with Crippen LogP contribution in [0.25, 0.3) is 0 Å². The van der Waals surface area contributed by atoms with Crippen LogP contribution in [0.4, 0.5) is 0 Å². The van der Waals surface area contributed by atoms with Crippen LogP contribution < -0.4 is 9.46 Å². The molecule has 0 unspecified atom stereocenters. The summed E-state index contributed by atoms with van der Waals surface area (Å²) in [5.74, 6) is 0.309. The Hall–Kier alpha value is -1.64. The smallest absolute Gasteiger partial charge is 0.241 e. The average Bonchev–Trinajstić information content (AvgIpc) is 2.52. The van der Waals surface area contributed by atoms with E-state index in [1.54, 1.807) is 24.0 Å². The third-order valence-corrected chi connectivity index (χ3v) is 5.36. The Kier molecular flexibility index (Phi) is 5.84. The molecule has 0 spiro atoms.